The zero-order chi connectivity index (χ0) is 33.4. The molecule has 0 saturated carbocycles. The van der Waals surface area contributed by atoms with E-state index >= 15 is 0 Å². The summed E-state index contributed by atoms with van der Waals surface area (Å²) in [6, 6.07) is 12.2. The molecule has 3 heterocycles. The van der Waals surface area contributed by atoms with E-state index < -0.39 is 70.1 Å². The number of nitrogens with zero attached hydrogens (tertiary/aromatic N) is 4. The number of nitrogens with one attached hydrogen (secondary N) is 1. The number of benzene rings is 2. The molecule has 1 saturated heterocycles. The van der Waals surface area contributed by atoms with Gasteiger partial charge >= 0.3 is 0 Å². The van der Waals surface area contributed by atoms with Crippen LogP contribution in [0.3, 0.4) is 0 Å². The number of hydrogen-bond acceptors (Lipinski definition) is 13. The molecule has 0 radical (unpaired) electrons. The minimum atomic E-state index is -4.21. The first-order valence-electron chi connectivity index (χ1n) is 14.2. The van der Waals surface area contributed by atoms with Gasteiger partial charge in [-0.2, -0.15) is 13.4 Å². The van der Waals surface area contributed by atoms with E-state index in [0.29, 0.717) is 5.56 Å². The van der Waals surface area contributed by atoms with E-state index in [0.717, 1.165) is 5.56 Å². The average molecular weight is 659 g/mol. The van der Waals surface area contributed by atoms with Gasteiger partial charge in [0.2, 0.25) is 5.95 Å². The number of rotatable bonds is 11. The van der Waals surface area contributed by atoms with Gasteiger partial charge in [0.05, 0.1) is 34.4 Å². The first-order chi connectivity index (χ1) is 21.7. The third kappa shape index (κ3) is 6.79. The summed E-state index contributed by atoms with van der Waals surface area (Å²) >= 11 is 0. The number of nitro groups is 1. The number of nitrogens with two attached hydrogens (primary N) is 1. The van der Waals surface area contributed by atoms with Gasteiger partial charge in [-0.15, -0.1) is 0 Å². The molecule has 5 atom stereocenters. The third-order valence-corrected chi connectivity index (χ3v) is 8.73. The largest absolute Gasteiger partial charge is 0.387 e. The van der Waals surface area contributed by atoms with Crippen LogP contribution < -0.4 is 11.3 Å². The Kier molecular flexibility index (Phi) is 9.26. The SMILES string of the molecule is Cc1ccc(S(=O)(=O)OC[C@H]2O[C@@H](n3cnc4c(=O)[nH]c(N)nc43)[C@H](OCO[C@@H](c3ccccc3[N+](=O)[O-])C(C)(C)C)[C@@H]2O)cc1. The fraction of sp³-hybridized carbons (Fsp3) is 0.414. The van der Waals surface area contributed by atoms with Crippen LogP contribution in [0.4, 0.5) is 11.6 Å². The Morgan fingerprint density at radius 2 is 1.89 bits per heavy atom. The predicted octanol–water partition coefficient (Wildman–Crippen LogP) is 2.73. The Balaban J connectivity index is 1.41. The number of aromatic amines is 1. The number of para-hydroxylation sites is 1. The van der Waals surface area contributed by atoms with Crippen LogP contribution in [0.2, 0.25) is 0 Å². The van der Waals surface area contributed by atoms with Gasteiger partial charge in [0.25, 0.3) is 21.4 Å². The van der Waals surface area contributed by atoms with Crippen molar-refractivity contribution in [1.82, 2.24) is 19.5 Å². The van der Waals surface area contributed by atoms with Crippen LogP contribution in [0.15, 0.2) is 64.5 Å². The molecule has 46 heavy (non-hydrogen) atoms. The molecule has 0 spiro atoms. The lowest BCUT2D eigenvalue weighted by molar-refractivity contribution is -0.386. The summed E-state index contributed by atoms with van der Waals surface area (Å²) < 4.78 is 50.4. The maximum Gasteiger partial charge on any atom is 0.297 e. The van der Waals surface area contributed by atoms with E-state index in [1.165, 1.54) is 29.1 Å². The number of aliphatic hydroxyl groups is 1. The third-order valence-electron chi connectivity index (χ3n) is 7.43. The summed E-state index contributed by atoms with van der Waals surface area (Å²) in [5.41, 5.74) is 5.55. The number of nitrogen functional groups attached to an aromatic ring is 1. The number of anilines is 1. The highest BCUT2D eigenvalue weighted by molar-refractivity contribution is 7.86. The van der Waals surface area contributed by atoms with Crippen molar-refractivity contribution in [2.24, 2.45) is 5.41 Å². The first-order valence-corrected chi connectivity index (χ1v) is 15.6. The topological polar surface area (TPSA) is 224 Å². The summed E-state index contributed by atoms with van der Waals surface area (Å²) in [6.07, 6.45) is -4.70. The molecular weight excluding hydrogens is 624 g/mol. The van der Waals surface area contributed by atoms with Gasteiger partial charge < -0.3 is 25.1 Å². The van der Waals surface area contributed by atoms with Crippen molar-refractivity contribution < 1.29 is 36.8 Å². The molecule has 1 fully saturated rings. The molecule has 4 aromatic rings. The summed E-state index contributed by atoms with van der Waals surface area (Å²) in [7, 11) is -4.21. The van der Waals surface area contributed by atoms with Crippen molar-refractivity contribution in [1.29, 1.82) is 0 Å². The van der Waals surface area contributed by atoms with E-state index in [1.54, 1.807) is 30.3 Å². The Morgan fingerprint density at radius 1 is 1.20 bits per heavy atom. The van der Waals surface area contributed by atoms with Crippen molar-refractivity contribution in [2.75, 3.05) is 19.1 Å². The maximum absolute atomic E-state index is 12.9. The molecule has 0 aliphatic carbocycles. The van der Waals surface area contributed by atoms with E-state index in [1.807, 2.05) is 27.7 Å². The van der Waals surface area contributed by atoms with Crippen molar-refractivity contribution in [3.8, 4) is 0 Å². The van der Waals surface area contributed by atoms with Crippen molar-refractivity contribution in [3.63, 3.8) is 0 Å². The molecular formula is C29H34N6O10S. The normalized spacial score (nSPS) is 21.1. The zero-order valence-corrected chi connectivity index (χ0v) is 26.2. The first kappa shape index (κ1) is 33.1. The second kappa shape index (κ2) is 12.9. The van der Waals surface area contributed by atoms with Gasteiger partial charge in [-0.1, -0.05) is 50.6 Å². The number of aliphatic hydroxyl groups excluding tert-OH is 1. The molecule has 16 nitrogen and oxygen atoms in total. The van der Waals surface area contributed by atoms with Gasteiger partial charge in [-0.25, -0.2) is 4.98 Å². The molecule has 2 aromatic carbocycles. The lowest BCUT2D eigenvalue weighted by Gasteiger charge is -2.31. The summed E-state index contributed by atoms with van der Waals surface area (Å²) in [6.45, 7) is 6.30. The summed E-state index contributed by atoms with van der Waals surface area (Å²) in [5, 5.41) is 23.1. The molecule has 4 N–H and O–H groups in total. The number of imidazole rings is 1. The zero-order valence-electron chi connectivity index (χ0n) is 25.4. The molecule has 5 rings (SSSR count). The highest BCUT2D eigenvalue weighted by atomic mass is 32.2. The van der Waals surface area contributed by atoms with Gasteiger partial charge in [-0.05, 0) is 30.5 Å². The van der Waals surface area contributed by atoms with Crippen LogP contribution in [-0.2, 0) is 28.5 Å². The van der Waals surface area contributed by atoms with E-state index in [9.17, 15) is 28.4 Å². The number of aromatic nitrogens is 4. The molecule has 0 bridgehead atoms. The van der Waals surface area contributed by atoms with Gasteiger partial charge in [0, 0.05) is 6.07 Å². The number of hydrogen-bond donors (Lipinski definition) is 3. The van der Waals surface area contributed by atoms with E-state index in [2.05, 4.69) is 15.0 Å². The van der Waals surface area contributed by atoms with Crippen LogP contribution in [0.5, 0.6) is 0 Å². The van der Waals surface area contributed by atoms with E-state index in [-0.39, 0.29) is 27.7 Å². The molecule has 1 aliphatic rings. The maximum atomic E-state index is 12.9. The van der Waals surface area contributed by atoms with Crippen LogP contribution in [0, 0.1) is 22.5 Å². The minimum absolute atomic E-state index is 0.0225. The van der Waals surface area contributed by atoms with Gasteiger partial charge in [-0.3, -0.25) is 28.6 Å². The van der Waals surface area contributed by atoms with Crippen LogP contribution in [0.25, 0.3) is 11.2 Å². The molecule has 0 amide bonds. The molecule has 246 valence electrons. The minimum Gasteiger partial charge on any atom is -0.387 e. The number of H-pyrrole nitrogens is 1. The number of ether oxygens (including phenoxy) is 3. The Bertz CT molecular complexity index is 1890. The van der Waals surface area contributed by atoms with Crippen LogP contribution >= 0.6 is 0 Å². The lowest BCUT2D eigenvalue weighted by atomic mass is 9.84. The second-order valence-corrected chi connectivity index (χ2v) is 13.5. The van der Waals surface area contributed by atoms with Gasteiger partial charge in [0.1, 0.15) is 25.1 Å². The fourth-order valence-corrected chi connectivity index (χ4v) is 6.11. The smallest absolute Gasteiger partial charge is 0.297 e. The number of fused-ring (bicyclic) bond motifs is 1. The van der Waals surface area contributed by atoms with Gasteiger partial charge in [0.15, 0.2) is 17.4 Å². The number of nitro benzene ring substituents is 1. The average Bonchev–Trinajstić information content (AvgIpc) is 3.54. The van der Waals surface area contributed by atoms with Crippen molar-refractivity contribution >= 4 is 32.9 Å². The Morgan fingerprint density at radius 3 is 2.57 bits per heavy atom. The molecule has 1 aliphatic heterocycles. The van der Waals surface area contributed by atoms with Crippen LogP contribution in [-0.4, -0.2) is 69.7 Å². The van der Waals surface area contributed by atoms with Crippen molar-refractivity contribution in [3.05, 3.63) is 86.5 Å². The van der Waals surface area contributed by atoms with Crippen molar-refractivity contribution in [2.45, 2.75) is 63.2 Å². The second-order valence-electron chi connectivity index (χ2n) is 11.9. The molecule has 2 aromatic heterocycles. The highest BCUT2D eigenvalue weighted by Crippen LogP contribution is 2.41. The fourth-order valence-electron chi connectivity index (χ4n) is 5.19. The number of aryl methyl sites for hydroxylation is 1. The Hall–Kier alpha value is -4.26. The summed E-state index contributed by atoms with van der Waals surface area (Å²) in [4.78, 5) is 34.2. The standard InChI is InChI=1S/C29H34N6O10S/c1-16-9-11-17(12-10-16)46(40,41)44-13-20-22(36)23(27(45-20)34-14-31-21-25(34)32-28(30)33-26(21)37)42-15-43-24(29(2,3)4)18-7-5-6-8-19(18)35(38)39/h5-12,14,20,22-24,27,36H,13,15H2,1-4H3,(H3,30,32,33,37)/t20-,22-,23-,24+,27-/m1/s1. The predicted molar refractivity (Wildman–Crippen MR) is 163 cm³/mol. The summed E-state index contributed by atoms with van der Waals surface area (Å²) in [5.74, 6) is -0.194. The Labute approximate surface area is 263 Å². The molecule has 17 heteroatoms. The monoisotopic (exact) mass is 658 g/mol. The van der Waals surface area contributed by atoms with E-state index in [4.69, 9.17) is 24.1 Å². The quantitative estimate of drug-likeness (QED) is 0.0913. The molecule has 0 unspecified atom stereocenters. The van der Waals surface area contributed by atoms with Crippen LogP contribution in [0.1, 0.15) is 44.2 Å². The lowest BCUT2D eigenvalue weighted by Crippen LogP contribution is -2.37. The highest BCUT2D eigenvalue weighted by Gasteiger charge is 2.47.